The average Bonchev–Trinajstić information content (AvgIpc) is 2.73. The molecule has 1 heterocycles. The fourth-order valence-electron chi connectivity index (χ4n) is 3.74. The van der Waals surface area contributed by atoms with E-state index >= 15 is 0 Å². The number of likely N-dealkylation sites (N-methyl/N-ethyl adjacent to an activating group) is 1. The van der Waals surface area contributed by atoms with E-state index in [1.54, 1.807) is 21.9 Å². The highest BCUT2D eigenvalue weighted by molar-refractivity contribution is 5.97. The van der Waals surface area contributed by atoms with Gasteiger partial charge in [-0.3, -0.25) is 14.4 Å². The summed E-state index contributed by atoms with van der Waals surface area (Å²) in [6.07, 6.45) is 1.34. The molecule has 1 aliphatic rings. The topological polar surface area (TPSA) is 79.0 Å². The molecular formula is C22H33N3O4. The highest BCUT2D eigenvalue weighted by Gasteiger charge is 2.35. The predicted molar refractivity (Wildman–Crippen MR) is 112 cm³/mol. The summed E-state index contributed by atoms with van der Waals surface area (Å²) in [6.45, 7) is 8.22. The van der Waals surface area contributed by atoms with Crippen LogP contribution in [0, 0.1) is 12.8 Å². The van der Waals surface area contributed by atoms with Crippen molar-refractivity contribution in [2.45, 2.75) is 39.7 Å². The van der Waals surface area contributed by atoms with Crippen LogP contribution >= 0.6 is 0 Å². The molecule has 2 rings (SSSR count). The number of carbonyl (C=O) groups is 3. The summed E-state index contributed by atoms with van der Waals surface area (Å²) >= 11 is 0. The number of rotatable bonds is 8. The third-order valence-electron chi connectivity index (χ3n) is 5.57. The smallest absolute Gasteiger partial charge is 0.251 e. The van der Waals surface area contributed by atoms with Gasteiger partial charge in [0, 0.05) is 38.9 Å². The quantitative estimate of drug-likeness (QED) is 0.718. The molecule has 7 nitrogen and oxygen atoms in total. The first-order valence-electron chi connectivity index (χ1n) is 10.3. The lowest BCUT2D eigenvalue weighted by molar-refractivity contribution is -0.138. The van der Waals surface area contributed by atoms with Gasteiger partial charge in [0.05, 0.1) is 0 Å². The van der Waals surface area contributed by atoms with Gasteiger partial charge in [-0.25, -0.2) is 0 Å². The SMILES string of the molecule is CCN(CC)C(=O)[C@@H](NC(=O)c1ccc(C)cc1)C1CCN(C(=O)COC)CC1. The molecule has 1 aromatic carbocycles. The molecule has 0 bridgehead atoms. The summed E-state index contributed by atoms with van der Waals surface area (Å²) in [5.74, 6) is -0.351. The van der Waals surface area contributed by atoms with Crippen molar-refractivity contribution in [1.82, 2.24) is 15.1 Å². The maximum atomic E-state index is 13.2. The van der Waals surface area contributed by atoms with Gasteiger partial charge in [0.2, 0.25) is 11.8 Å². The van der Waals surface area contributed by atoms with Crippen LogP contribution in [0.1, 0.15) is 42.6 Å². The minimum atomic E-state index is -0.594. The van der Waals surface area contributed by atoms with E-state index in [1.165, 1.54) is 7.11 Å². The summed E-state index contributed by atoms with van der Waals surface area (Å²) < 4.78 is 4.93. The number of carbonyl (C=O) groups excluding carboxylic acids is 3. The van der Waals surface area contributed by atoms with Crippen LogP contribution in [-0.2, 0) is 14.3 Å². The van der Waals surface area contributed by atoms with Gasteiger partial charge in [-0.05, 0) is 51.7 Å². The lowest BCUT2D eigenvalue weighted by Crippen LogP contribution is -2.55. The third kappa shape index (κ3) is 6.03. The average molecular weight is 404 g/mol. The van der Waals surface area contributed by atoms with E-state index in [0.29, 0.717) is 44.6 Å². The lowest BCUT2D eigenvalue weighted by Gasteiger charge is -2.37. The Balaban J connectivity index is 2.13. The van der Waals surface area contributed by atoms with Gasteiger partial charge < -0.3 is 19.9 Å². The molecule has 0 aliphatic carbocycles. The molecule has 1 aromatic rings. The summed E-state index contributed by atoms with van der Waals surface area (Å²) in [5.41, 5.74) is 1.62. The normalized spacial score (nSPS) is 15.7. The van der Waals surface area contributed by atoms with Crippen molar-refractivity contribution in [3.8, 4) is 0 Å². The van der Waals surface area contributed by atoms with Gasteiger partial charge in [0.1, 0.15) is 12.6 Å². The number of aryl methyl sites for hydroxylation is 1. The minimum absolute atomic E-state index is 0.0101. The van der Waals surface area contributed by atoms with Crippen LogP contribution in [0.25, 0.3) is 0 Å². The molecule has 7 heteroatoms. The molecule has 160 valence electrons. The Morgan fingerprint density at radius 2 is 1.72 bits per heavy atom. The number of piperidine rings is 1. The highest BCUT2D eigenvalue weighted by atomic mass is 16.5. The van der Waals surface area contributed by atoms with Gasteiger partial charge in [-0.1, -0.05) is 17.7 Å². The summed E-state index contributed by atoms with van der Waals surface area (Å²) in [4.78, 5) is 41.5. The zero-order valence-corrected chi connectivity index (χ0v) is 17.9. The zero-order chi connectivity index (χ0) is 21.4. The van der Waals surface area contributed by atoms with Crippen molar-refractivity contribution >= 4 is 17.7 Å². The van der Waals surface area contributed by atoms with Gasteiger partial charge in [0.25, 0.3) is 5.91 Å². The molecule has 0 spiro atoms. The van der Waals surface area contributed by atoms with E-state index in [9.17, 15) is 14.4 Å². The maximum absolute atomic E-state index is 13.2. The van der Waals surface area contributed by atoms with Crippen LogP contribution in [0.5, 0.6) is 0 Å². The van der Waals surface area contributed by atoms with Crippen molar-refractivity contribution in [2.24, 2.45) is 5.92 Å². The van der Waals surface area contributed by atoms with E-state index in [0.717, 1.165) is 5.56 Å². The largest absolute Gasteiger partial charge is 0.375 e. The third-order valence-corrected chi connectivity index (χ3v) is 5.57. The number of likely N-dealkylation sites (tertiary alicyclic amines) is 1. The monoisotopic (exact) mass is 403 g/mol. The Morgan fingerprint density at radius 1 is 1.14 bits per heavy atom. The highest BCUT2D eigenvalue weighted by Crippen LogP contribution is 2.23. The molecule has 0 unspecified atom stereocenters. The molecule has 0 aromatic heterocycles. The molecule has 1 atom stereocenters. The fraction of sp³-hybridized carbons (Fsp3) is 0.591. The maximum Gasteiger partial charge on any atom is 0.251 e. The predicted octanol–water partition coefficient (Wildman–Crippen LogP) is 1.85. The van der Waals surface area contributed by atoms with Crippen molar-refractivity contribution in [3.05, 3.63) is 35.4 Å². The number of methoxy groups -OCH3 is 1. The summed E-state index contributed by atoms with van der Waals surface area (Å²) in [7, 11) is 1.50. The first kappa shape index (κ1) is 22.9. The second-order valence-corrected chi connectivity index (χ2v) is 7.48. The summed E-state index contributed by atoms with van der Waals surface area (Å²) in [6, 6.07) is 6.72. The van der Waals surface area contributed by atoms with Crippen LogP contribution in [0.15, 0.2) is 24.3 Å². The van der Waals surface area contributed by atoms with E-state index in [-0.39, 0.29) is 30.2 Å². The Kier molecular flexibility index (Phi) is 8.64. The first-order valence-corrected chi connectivity index (χ1v) is 10.3. The van der Waals surface area contributed by atoms with Crippen LogP contribution in [0.4, 0.5) is 0 Å². The van der Waals surface area contributed by atoms with Crippen molar-refractivity contribution < 1.29 is 19.1 Å². The molecular weight excluding hydrogens is 370 g/mol. The van der Waals surface area contributed by atoms with Crippen molar-refractivity contribution in [2.75, 3.05) is 39.9 Å². The van der Waals surface area contributed by atoms with Crippen molar-refractivity contribution in [1.29, 1.82) is 0 Å². The van der Waals surface area contributed by atoms with Crippen LogP contribution in [-0.4, -0.2) is 73.5 Å². The number of benzene rings is 1. The minimum Gasteiger partial charge on any atom is -0.375 e. The van der Waals surface area contributed by atoms with Gasteiger partial charge in [-0.2, -0.15) is 0 Å². The molecule has 0 radical (unpaired) electrons. The second-order valence-electron chi connectivity index (χ2n) is 7.48. The lowest BCUT2D eigenvalue weighted by atomic mass is 9.88. The van der Waals surface area contributed by atoms with E-state index < -0.39 is 6.04 Å². The van der Waals surface area contributed by atoms with Crippen LogP contribution < -0.4 is 5.32 Å². The number of hydrogen-bond donors (Lipinski definition) is 1. The Morgan fingerprint density at radius 3 is 2.24 bits per heavy atom. The van der Waals surface area contributed by atoms with Crippen LogP contribution in [0.3, 0.4) is 0 Å². The number of amides is 3. The summed E-state index contributed by atoms with van der Waals surface area (Å²) in [5, 5.41) is 2.98. The molecule has 1 aliphatic heterocycles. The van der Waals surface area contributed by atoms with Crippen molar-refractivity contribution in [3.63, 3.8) is 0 Å². The molecule has 29 heavy (non-hydrogen) atoms. The molecule has 0 saturated carbocycles. The van der Waals surface area contributed by atoms with Gasteiger partial charge in [0.15, 0.2) is 0 Å². The van der Waals surface area contributed by atoms with E-state index in [4.69, 9.17) is 4.74 Å². The Bertz CT molecular complexity index is 693. The number of nitrogens with zero attached hydrogens (tertiary/aromatic N) is 2. The Hall–Kier alpha value is -2.41. The molecule has 3 amide bonds. The molecule has 1 N–H and O–H groups in total. The van der Waals surface area contributed by atoms with E-state index in [2.05, 4.69) is 5.32 Å². The van der Waals surface area contributed by atoms with Gasteiger partial charge >= 0.3 is 0 Å². The van der Waals surface area contributed by atoms with E-state index in [1.807, 2.05) is 32.9 Å². The number of nitrogens with one attached hydrogen (secondary N) is 1. The fourth-order valence-corrected chi connectivity index (χ4v) is 3.74. The standard InChI is InChI=1S/C22H33N3O4/c1-5-24(6-2)22(28)20(23-21(27)18-9-7-16(3)8-10-18)17-11-13-25(14-12-17)19(26)15-29-4/h7-10,17,20H,5-6,11-15H2,1-4H3,(H,23,27)/t20-/m0/s1. The zero-order valence-electron chi connectivity index (χ0n) is 17.9. The molecule has 1 fully saturated rings. The van der Waals surface area contributed by atoms with Crippen LogP contribution in [0.2, 0.25) is 0 Å². The van der Waals surface area contributed by atoms with Gasteiger partial charge in [-0.15, -0.1) is 0 Å². The number of hydrogen-bond acceptors (Lipinski definition) is 4. The Labute approximate surface area is 173 Å². The molecule has 1 saturated heterocycles. The number of ether oxygens (including phenoxy) is 1. The first-order chi connectivity index (χ1) is 13.9. The second kappa shape index (κ2) is 11.0.